The van der Waals surface area contributed by atoms with Crippen LogP contribution in [0.15, 0.2) is 67.0 Å². The first-order valence-corrected chi connectivity index (χ1v) is 8.27. The Balaban J connectivity index is 1.48. The second kappa shape index (κ2) is 8.20. The van der Waals surface area contributed by atoms with Gasteiger partial charge in [-0.1, -0.05) is 18.2 Å². The third-order valence-corrected chi connectivity index (χ3v) is 3.77. The highest BCUT2D eigenvalue weighted by atomic mass is 16.5. The molecule has 2 aromatic carbocycles. The summed E-state index contributed by atoms with van der Waals surface area (Å²) >= 11 is 0. The van der Waals surface area contributed by atoms with Crippen LogP contribution in [0.4, 0.5) is 0 Å². The van der Waals surface area contributed by atoms with E-state index < -0.39 is 0 Å². The minimum absolute atomic E-state index is 0.0182. The Bertz CT molecular complexity index is 844. The number of carbonyl (C=O) groups is 1. The molecule has 0 atom stereocenters. The average molecular weight is 351 g/mol. The van der Waals surface area contributed by atoms with Gasteiger partial charge >= 0.3 is 0 Å². The number of hydrogen-bond donors (Lipinski definition) is 0. The zero-order valence-electron chi connectivity index (χ0n) is 14.8. The first-order valence-electron chi connectivity index (χ1n) is 8.27. The standard InChI is InChI=1S/C20H21N3O3/c1-22(13-16-12-21-23(2)14-16)20(24)15-25-17-8-10-19(11-9-17)26-18-6-4-3-5-7-18/h3-12,14H,13,15H2,1-2H3. The molecule has 6 nitrogen and oxygen atoms in total. The number of aromatic nitrogens is 2. The number of aryl methyl sites for hydroxylation is 1. The molecule has 3 rings (SSSR count). The lowest BCUT2D eigenvalue weighted by Crippen LogP contribution is -2.30. The largest absolute Gasteiger partial charge is 0.484 e. The molecule has 0 aliphatic rings. The van der Waals surface area contributed by atoms with Crippen LogP contribution in [0.2, 0.25) is 0 Å². The number of hydrogen-bond acceptors (Lipinski definition) is 4. The van der Waals surface area contributed by atoms with Crippen molar-refractivity contribution in [1.29, 1.82) is 0 Å². The summed E-state index contributed by atoms with van der Waals surface area (Å²) in [5.74, 6) is 2.00. The van der Waals surface area contributed by atoms with Gasteiger partial charge in [0.25, 0.3) is 5.91 Å². The molecule has 0 fully saturated rings. The fraction of sp³-hybridized carbons (Fsp3) is 0.200. The van der Waals surface area contributed by atoms with Crippen LogP contribution in [0.25, 0.3) is 0 Å². The van der Waals surface area contributed by atoms with Gasteiger partial charge in [-0.25, -0.2) is 0 Å². The summed E-state index contributed by atoms with van der Waals surface area (Å²) in [6.45, 7) is 0.482. The number of nitrogens with zero attached hydrogens (tertiary/aromatic N) is 3. The van der Waals surface area contributed by atoms with Crippen molar-refractivity contribution in [3.63, 3.8) is 0 Å². The molecule has 0 bridgehead atoms. The van der Waals surface area contributed by atoms with Crippen LogP contribution in [-0.2, 0) is 18.4 Å². The highest BCUT2D eigenvalue weighted by Gasteiger charge is 2.11. The van der Waals surface area contributed by atoms with Crippen molar-refractivity contribution in [2.45, 2.75) is 6.54 Å². The van der Waals surface area contributed by atoms with E-state index in [2.05, 4.69) is 5.10 Å². The number of rotatable bonds is 7. The number of benzene rings is 2. The molecule has 0 spiro atoms. The van der Waals surface area contributed by atoms with Crippen LogP contribution in [0.5, 0.6) is 17.2 Å². The number of amides is 1. The monoisotopic (exact) mass is 351 g/mol. The lowest BCUT2D eigenvalue weighted by molar-refractivity contribution is -0.132. The molecule has 0 aliphatic heterocycles. The molecule has 3 aromatic rings. The summed E-state index contributed by atoms with van der Waals surface area (Å²) in [6.07, 6.45) is 3.63. The summed E-state index contributed by atoms with van der Waals surface area (Å²) in [5, 5.41) is 4.10. The van der Waals surface area contributed by atoms with Gasteiger partial charge in [0.15, 0.2) is 6.61 Å². The molecule has 134 valence electrons. The van der Waals surface area contributed by atoms with E-state index in [0.29, 0.717) is 18.0 Å². The van der Waals surface area contributed by atoms with E-state index in [9.17, 15) is 4.79 Å². The first kappa shape index (κ1) is 17.5. The second-order valence-corrected chi connectivity index (χ2v) is 5.95. The minimum Gasteiger partial charge on any atom is -0.484 e. The predicted octanol–water partition coefficient (Wildman–Crippen LogP) is 3.25. The van der Waals surface area contributed by atoms with Crippen LogP contribution in [0.1, 0.15) is 5.56 Å². The number of carbonyl (C=O) groups excluding carboxylic acids is 1. The average Bonchev–Trinajstić information content (AvgIpc) is 3.06. The molecule has 26 heavy (non-hydrogen) atoms. The normalized spacial score (nSPS) is 10.4. The highest BCUT2D eigenvalue weighted by Crippen LogP contribution is 2.23. The fourth-order valence-electron chi connectivity index (χ4n) is 2.40. The third kappa shape index (κ3) is 4.86. The molecule has 1 aromatic heterocycles. The summed E-state index contributed by atoms with van der Waals surface area (Å²) in [5.41, 5.74) is 0.978. The van der Waals surface area contributed by atoms with Crippen molar-refractivity contribution < 1.29 is 14.3 Å². The summed E-state index contributed by atoms with van der Waals surface area (Å²) in [7, 11) is 3.59. The van der Waals surface area contributed by atoms with E-state index >= 15 is 0 Å². The second-order valence-electron chi connectivity index (χ2n) is 5.95. The lowest BCUT2D eigenvalue weighted by atomic mass is 10.3. The first-order chi connectivity index (χ1) is 12.6. The molecule has 0 saturated heterocycles. The Hall–Kier alpha value is -3.28. The molecular weight excluding hydrogens is 330 g/mol. The number of para-hydroxylation sites is 1. The van der Waals surface area contributed by atoms with Gasteiger partial charge in [-0.2, -0.15) is 5.10 Å². The Labute approximate surface area is 152 Å². The maximum absolute atomic E-state index is 12.2. The van der Waals surface area contributed by atoms with E-state index in [0.717, 1.165) is 11.3 Å². The molecule has 0 N–H and O–H groups in total. The molecule has 6 heteroatoms. The van der Waals surface area contributed by atoms with Gasteiger partial charge in [-0.3, -0.25) is 9.48 Å². The topological polar surface area (TPSA) is 56.6 Å². The van der Waals surface area contributed by atoms with Gasteiger partial charge < -0.3 is 14.4 Å². The Kier molecular flexibility index (Phi) is 5.53. The zero-order chi connectivity index (χ0) is 18.4. The summed E-state index contributed by atoms with van der Waals surface area (Å²) < 4.78 is 13.0. The van der Waals surface area contributed by atoms with Gasteiger partial charge in [0, 0.05) is 32.4 Å². The maximum Gasteiger partial charge on any atom is 0.260 e. The van der Waals surface area contributed by atoms with E-state index in [4.69, 9.17) is 9.47 Å². The zero-order valence-corrected chi connectivity index (χ0v) is 14.8. The Morgan fingerprint density at radius 1 is 1.04 bits per heavy atom. The smallest absolute Gasteiger partial charge is 0.260 e. The molecule has 0 aliphatic carbocycles. The van der Waals surface area contributed by atoms with Crippen LogP contribution in [-0.4, -0.2) is 34.2 Å². The summed E-state index contributed by atoms with van der Waals surface area (Å²) in [6, 6.07) is 16.7. The number of ether oxygens (including phenoxy) is 2. The Morgan fingerprint density at radius 3 is 2.35 bits per heavy atom. The highest BCUT2D eigenvalue weighted by molar-refractivity contribution is 5.77. The van der Waals surface area contributed by atoms with Gasteiger partial charge in [0.2, 0.25) is 0 Å². The van der Waals surface area contributed by atoms with Crippen molar-refractivity contribution in [3.8, 4) is 17.2 Å². The Morgan fingerprint density at radius 2 is 1.69 bits per heavy atom. The molecule has 1 heterocycles. The van der Waals surface area contributed by atoms with Crippen LogP contribution >= 0.6 is 0 Å². The SMILES string of the molecule is CN(Cc1cnn(C)c1)C(=O)COc1ccc(Oc2ccccc2)cc1. The molecule has 0 unspecified atom stereocenters. The van der Waals surface area contributed by atoms with E-state index in [-0.39, 0.29) is 12.5 Å². The van der Waals surface area contributed by atoms with Crippen LogP contribution in [0.3, 0.4) is 0 Å². The maximum atomic E-state index is 12.2. The quantitative estimate of drug-likeness (QED) is 0.656. The van der Waals surface area contributed by atoms with Crippen molar-refractivity contribution in [1.82, 2.24) is 14.7 Å². The van der Waals surface area contributed by atoms with Crippen molar-refractivity contribution in [2.24, 2.45) is 7.05 Å². The van der Waals surface area contributed by atoms with Gasteiger partial charge in [-0.15, -0.1) is 0 Å². The fourth-order valence-corrected chi connectivity index (χ4v) is 2.40. The van der Waals surface area contributed by atoms with Crippen LogP contribution < -0.4 is 9.47 Å². The van der Waals surface area contributed by atoms with Gasteiger partial charge in [0.05, 0.1) is 6.20 Å². The van der Waals surface area contributed by atoms with Gasteiger partial charge in [0.1, 0.15) is 17.2 Å². The lowest BCUT2D eigenvalue weighted by Gasteiger charge is -2.16. The van der Waals surface area contributed by atoms with E-state index in [1.54, 1.807) is 35.0 Å². The number of likely N-dealkylation sites (N-methyl/N-ethyl adjacent to an activating group) is 1. The van der Waals surface area contributed by atoms with Gasteiger partial charge in [-0.05, 0) is 36.4 Å². The minimum atomic E-state index is -0.0986. The van der Waals surface area contributed by atoms with E-state index in [1.165, 1.54) is 0 Å². The van der Waals surface area contributed by atoms with Crippen molar-refractivity contribution in [3.05, 3.63) is 72.6 Å². The molecule has 0 saturated carbocycles. The molecule has 0 radical (unpaired) electrons. The van der Waals surface area contributed by atoms with Crippen molar-refractivity contribution >= 4 is 5.91 Å². The third-order valence-electron chi connectivity index (χ3n) is 3.77. The molecule has 1 amide bonds. The molecular formula is C20H21N3O3. The van der Waals surface area contributed by atoms with Crippen molar-refractivity contribution in [2.75, 3.05) is 13.7 Å². The summed E-state index contributed by atoms with van der Waals surface area (Å²) in [4.78, 5) is 13.8. The predicted molar refractivity (Wildman–Crippen MR) is 98.1 cm³/mol. The van der Waals surface area contributed by atoms with E-state index in [1.807, 2.05) is 55.7 Å². The van der Waals surface area contributed by atoms with Crippen LogP contribution in [0, 0.1) is 0 Å².